The number of thiazole rings is 1. The van der Waals surface area contributed by atoms with Crippen molar-refractivity contribution in [2.24, 2.45) is 0 Å². The van der Waals surface area contributed by atoms with Gasteiger partial charge in [0.15, 0.2) is 10.9 Å². The molecule has 1 fully saturated rings. The molecule has 0 saturated carbocycles. The maximum atomic E-state index is 13.0. The molecular formula is C22H25N3O3S2. The molecule has 1 N–H and O–H groups in total. The van der Waals surface area contributed by atoms with Crippen LogP contribution < -0.4 is 5.32 Å². The van der Waals surface area contributed by atoms with E-state index >= 15 is 0 Å². The lowest BCUT2D eigenvalue weighted by atomic mass is 10.1. The number of benzene rings is 2. The summed E-state index contributed by atoms with van der Waals surface area (Å²) in [4.78, 5) is 17.4. The van der Waals surface area contributed by atoms with Crippen LogP contribution >= 0.6 is 11.3 Å². The molecule has 0 amide bonds. The third-order valence-corrected chi connectivity index (χ3v) is 8.17. The molecule has 0 aliphatic carbocycles. The Balaban J connectivity index is 1.47. The summed E-state index contributed by atoms with van der Waals surface area (Å²) in [5.41, 5.74) is 2.44. The minimum atomic E-state index is -3.58. The fourth-order valence-electron chi connectivity index (χ4n) is 3.63. The van der Waals surface area contributed by atoms with Crippen LogP contribution in [0.5, 0.6) is 0 Å². The largest absolute Gasteiger partial charge is 0.354 e. The van der Waals surface area contributed by atoms with Crippen molar-refractivity contribution < 1.29 is 13.2 Å². The smallest absolute Gasteiger partial charge is 0.243 e. The Morgan fingerprint density at radius 3 is 2.63 bits per heavy atom. The number of anilines is 1. The van der Waals surface area contributed by atoms with Crippen molar-refractivity contribution in [1.29, 1.82) is 0 Å². The summed E-state index contributed by atoms with van der Waals surface area (Å²) in [5, 5.41) is 3.76. The Bertz CT molecular complexity index is 1160. The Morgan fingerprint density at radius 2 is 1.87 bits per heavy atom. The molecular weight excluding hydrogens is 418 g/mol. The second-order valence-electron chi connectivity index (χ2n) is 7.61. The van der Waals surface area contributed by atoms with Crippen molar-refractivity contribution in [3.8, 4) is 0 Å². The summed E-state index contributed by atoms with van der Waals surface area (Å²) in [6.45, 7) is 3.17. The highest BCUT2D eigenvalue weighted by Gasteiger charge is 2.25. The highest BCUT2D eigenvalue weighted by molar-refractivity contribution is 7.89. The van der Waals surface area contributed by atoms with Crippen molar-refractivity contribution in [2.75, 3.05) is 25.0 Å². The van der Waals surface area contributed by atoms with Crippen molar-refractivity contribution in [3.05, 3.63) is 53.6 Å². The van der Waals surface area contributed by atoms with Crippen LogP contribution in [0.2, 0.25) is 0 Å². The van der Waals surface area contributed by atoms with E-state index in [2.05, 4.69) is 16.4 Å². The monoisotopic (exact) mass is 443 g/mol. The van der Waals surface area contributed by atoms with E-state index in [4.69, 9.17) is 0 Å². The van der Waals surface area contributed by atoms with Crippen LogP contribution in [0.25, 0.3) is 10.2 Å². The molecule has 1 saturated heterocycles. The predicted octanol–water partition coefficient (Wildman–Crippen LogP) is 4.46. The van der Waals surface area contributed by atoms with Gasteiger partial charge < -0.3 is 5.32 Å². The van der Waals surface area contributed by atoms with Crippen LogP contribution in [0.4, 0.5) is 5.13 Å². The second kappa shape index (κ2) is 8.83. The Kier molecular flexibility index (Phi) is 6.17. The van der Waals surface area contributed by atoms with Crippen molar-refractivity contribution in [1.82, 2.24) is 9.29 Å². The molecule has 1 aliphatic heterocycles. The number of hydrogen-bond donors (Lipinski definition) is 1. The summed E-state index contributed by atoms with van der Waals surface area (Å²) in [6, 6.07) is 12.4. The molecule has 0 spiro atoms. The van der Waals surface area contributed by atoms with E-state index < -0.39 is 10.0 Å². The molecule has 2 aromatic carbocycles. The topological polar surface area (TPSA) is 79.4 Å². The number of nitrogens with one attached hydrogen (secondary N) is 1. The number of carbonyl (C=O) groups is 1. The van der Waals surface area contributed by atoms with Gasteiger partial charge in [0.2, 0.25) is 10.0 Å². The first-order valence-corrected chi connectivity index (χ1v) is 12.4. The highest BCUT2D eigenvalue weighted by atomic mass is 32.2. The first-order chi connectivity index (χ1) is 14.4. The van der Waals surface area contributed by atoms with E-state index in [-0.39, 0.29) is 17.2 Å². The first-order valence-electron chi connectivity index (χ1n) is 10.2. The quantitative estimate of drug-likeness (QED) is 0.569. The van der Waals surface area contributed by atoms with Gasteiger partial charge in [-0.3, -0.25) is 4.79 Å². The number of hydrogen-bond acceptors (Lipinski definition) is 6. The Morgan fingerprint density at radius 1 is 1.10 bits per heavy atom. The lowest BCUT2D eigenvalue weighted by Gasteiger charge is -2.20. The van der Waals surface area contributed by atoms with Gasteiger partial charge in [-0.25, -0.2) is 13.4 Å². The number of ketones is 1. The molecule has 0 bridgehead atoms. The van der Waals surface area contributed by atoms with Gasteiger partial charge in [0.1, 0.15) is 0 Å². The molecule has 1 aromatic heterocycles. The van der Waals surface area contributed by atoms with E-state index in [1.165, 1.54) is 17.4 Å². The van der Waals surface area contributed by atoms with E-state index in [0.717, 1.165) is 41.5 Å². The zero-order valence-electron chi connectivity index (χ0n) is 16.9. The van der Waals surface area contributed by atoms with Crippen LogP contribution in [0.15, 0.2) is 47.4 Å². The molecule has 0 radical (unpaired) electrons. The second-order valence-corrected chi connectivity index (χ2v) is 10.6. The van der Waals surface area contributed by atoms with E-state index in [1.807, 2.05) is 19.1 Å². The Hall–Kier alpha value is -2.29. The molecule has 6 nitrogen and oxygen atoms in total. The van der Waals surface area contributed by atoms with Gasteiger partial charge in [-0.05, 0) is 49.6 Å². The third-order valence-electron chi connectivity index (χ3n) is 5.30. The van der Waals surface area contributed by atoms with Gasteiger partial charge in [-0.1, -0.05) is 42.4 Å². The molecule has 0 unspecified atom stereocenters. The van der Waals surface area contributed by atoms with Gasteiger partial charge in [-0.15, -0.1) is 0 Å². The molecule has 0 atom stereocenters. The molecule has 30 heavy (non-hydrogen) atoms. The number of carbonyl (C=O) groups excluding carboxylic acids is 1. The van der Waals surface area contributed by atoms with E-state index in [1.54, 1.807) is 22.5 Å². The minimum absolute atomic E-state index is 0.0615. The highest BCUT2D eigenvalue weighted by Crippen LogP contribution is 2.27. The van der Waals surface area contributed by atoms with Crippen molar-refractivity contribution >= 4 is 42.5 Å². The molecule has 2 heterocycles. The lowest BCUT2D eigenvalue weighted by Crippen LogP contribution is -2.32. The number of rotatable bonds is 6. The average Bonchev–Trinajstić information content (AvgIpc) is 2.94. The van der Waals surface area contributed by atoms with Crippen molar-refractivity contribution in [2.45, 2.75) is 37.5 Å². The number of fused-ring (bicyclic) bond motifs is 1. The van der Waals surface area contributed by atoms with Gasteiger partial charge in [0.25, 0.3) is 0 Å². The lowest BCUT2D eigenvalue weighted by molar-refractivity contribution is 0.101. The number of Topliss-reactive ketones (excluding diaryl/α,β-unsaturated/α-hetero) is 1. The van der Waals surface area contributed by atoms with Gasteiger partial charge in [-0.2, -0.15) is 4.31 Å². The zero-order valence-corrected chi connectivity index (χ0v) is 18.6. The average molecular weight is 444 g/mol. The summed E-state index contributed by atoms with van der Waals surface area (Å²) >= 11 is 1.50. The summed E-state index contributed by atoms with van der Waals surface area (Å²) < 4.78 is 28.6. The standard InChI is InChI=1S/C22H25N3O3S2/c1-16-9-10-19-21(13-16)29-22(24-19)23-15-20(26)17-7-6-8-18(14-17)30(27,28)25-11-4-2-3-5-12-25/h6-10,13-14H,2-5,11-12,15H2,1H3,(H,23,24). The molecule has 8 heteroatoms. The summed E-state index contributed by atoms with van der Waals surface area (Å²) in [5.74, 6) is -0.168. The van der Waals surface area contributed by atoms with Gasteiger partial charge >= 0.3 is 0 Å². The normalized spacial score (nSPS) is 15.8. The predicted molar refractivity (Wildman–Crippen MR) is 121 cm³/mol. The maximum Gasteiger partial charge on any atom is 0.243 e. The zero-order chi connectivity index (χ0) is 21.1. The van der Waals surface area contributed by atoms with Crippen LogP contribution in [0, 0.1) is 6.92 Å². The number of nitrogens with zero attached hydrogens (tertiary/aromatic N) is 2. The molecule has 3 aromatic rings. The molecule has 1 aliphatic rings. The van der Waals surface area contributed by atoms with E-state index in [0.29, 0.717) is 23.8 Å². The third kappa shape index (κ3) is 4.55. The fourth-order valence-corrected chi connectivity index (χ4v) is 6.15. The summed E-state index contributed by atoms with van der Waals surface area (Å²) in [7, 11) is -3.58. The maximum absolute atomic E-state index is 13.0. The van der Waals surface area contributed by atoms with Crippen LogP contribution in [-0.4, -0.2) is 43.1 Å². The van der Waals surface area contributed by atoms with E-state index in [9.17, 15) is 13.2 Å². The Labute approximate surface area is 181 Å². The number of aromatic nitrogens is 1. The molecule has 158 valence electrons. The van der Waals surface area contributed by atoms with Crippen LogP contribution in [0.1, 0.15) is 41.6 Å². The molecule has 4 rings (SSSR count). The number of aryl methyl sites for hydroxylation is 1. The van der Waals surface area contributed by atoms with Crippen LogP contribution in [-0.2, 0) is 10.0 Å². The van der Waals surface area contributed by atoms with Crippen molar-refractivity contribution in [3.63, 3.8) is 0 Å². The number of sulfonamides is 1. The van der Waals surface area contributed by atoms with Gasteiger partial charge in [0, 0.05) is 18.7 Å². The SMILES string of the molecule is Cc1ccc2nc(NCC(=O)c3cccc(S(=O)(=O)N4CCCCCC4)c3)sc2c1. The fraction of sp³-hybridized carbons (Fsp3) is 0.364. The summed E-state index contributed by atoms with van der Waals surface area (Å²) in [6.07, 6.45) is 3.87. The van der Waals surface area contributed by atoms with Gasteiger partial charge in [0.05, 0.1) is 21.7 Å². The first kappa shape index (κ1) is 21.0. The van der Waals surface area contributed by atoms with Crippen LogP contribution in [0.3, 0.4) is 0 Å². The minimum Gasteiger partial charge on any atom is -0.354 e.